The van der Waals surface area contributed by atoms with Gasteiger partial charge in [-0.15, -0.1) is 0 Å². The van der Waals surface area contributed by atoms with E-state index >= 15 is 0 Å². The molecule has 0 saturated heterocycles. The maximum absolute atomic E-state index is 10.3. The Morgan fingerprint density at radius 1 is 1.45 bits per heavy atom. The van der Waals surface area contributed by atoms with Crippen LogP contribution >= 0.6 is 7.60 Å². The molecule has 3 N–H and O–H groups in total. The summed E-state index contributed by atoms with van der Waals surface area (Å²) >= 11 is 0. The predicted molar refractivity (Wildman–Crippen MR) is 38.4 cm³/mol. The first kappa shape index (κ1) is 11.1. The van der Waals surface area contributed by atoms with E-state index in [-0.39, 0.29) is 0 Å². The van der Waals surface area contributed by atoms with Crippen LogP contribution in [0.2, 0.25) is 0 Å². The van der Waals surface area contributed by atoms with Crippen LogP contribution in [-0.4, -0.2) is 5.78 Å². The minimum Gasteiger partial charge on any atom is -0.807 e. The van der Waals surface area contributed by atoms with Crippen molar-refractivity contribution >= 4 is 7.60 Å². The van der Waals surface area contributed by atoms with Gasteiger partial charge in [0.05, 0.1) is 0 Å². The Hall–Kier alpha value is 0.110. The highest BCUT2D eigenvalue weighted by Gasteiger charge is 2.08. The molecule has 0 amide bonds. The summed E-state index contributed by atoms with van der Waals surface area (Å²) in [6.07, 6.45) is 3.16. The lowest BCUT2D eigenvalue weighted by atomic mass is 10.2. The molecular formula is C6H15NO3P-. The lowest BCUT2D eigenvalue weighted by Crippen LogP contribution is -2.63. The van der Waals surface area contributed by atoms with E-state index in [0.717, 1.165) is 19.3 Å². The Kier molecular flexibility index (Phi) is 4.93. The van der Waals surface area contributed by atoms with Crippen molar-refractivity contribution in [1.82, 2.24) is 0 Å². The molecule has 0 aliphatic heterocycles. The third-order valence-electron chi connectivity index (χ3n) is 1.59. The van der Waals surface area contributed by atoms with Gasteiger partial charge in [0, 0.05) is 6.42 Å². The van der Waals surface area contributed by atoms with E-state index in [1.54, 1.807) is 0 Å². The molecule has 68 valence electrons. The van der Waals surface area contributed by atoms with Crippen LogP contribution < -0.4 is 15.5 Å². The van der Waals surface area contributed by atoms with Gasteiger partial charge in [0.2, 0.25) is 0 Å². The molecule has 0 aromatic heterocycles. The van der Waals surface area contributed by atoms with Crippen LogP contribution in [-0.2, 0) is 4.57 Å². The van der Waals surface area contributed by atoms with E-state index in [1.807, 2.05) is 6.92 Å². The molecule has 11 heavy (non-hydrogen) atoms. The second-order valence-corrected chi connectivity index (χ2v) is 4.50. The van der Waals surface area contributed by atoms with Crippen LogP contribution in [0.25, 0.3) is 0 Å². The predicted octanol–water partition coefficient (Wildman–Crippen LogP) is -0.952. The summed E-state index contributed by atoms with van der Waals surface area (Å²) in [5, 5.41) is 0. The largest absolute Gasteiger partial charge is 0.807 e. The van der Waals surface area contributed by atoms with Crippen molar-refractivity contribution in [2.24, 2.45) is 0 Å². The van der Waals surface area contributed by atoms with Crippen LogP contribution in [0.1, 0.15) is 32.6 Å². The first-order chi connectivity index (χ1) is 4.98. The number of rotatable bonds is 5. The number of unbranched alkanes of at least 4 members (excludes halogenated alkanes) is 2. The highest BCUT2D eigenvalue weighted by molar-refractivity contribution is 7.49. The van der Waals surface area contributed by atoms with Crippen molar-refractivity contribution < 1.29 is 20.1 Å². The number of quaternary nitrogens is 1. The molecule has 0 heterocycles. The minimum absolute atomic E-state index is 0.401. The lowest BCUT2D eigenvalue weighted by molar-refractivity contribution is -0.430. The molecule has 0 bridgehead atoms. The van der Waals surface area contributed by atoms with Crippen molar-refractivity contribution in [1.29, 1.82) is 0 Å². The van der Waals surface area contributed by atoms with Crippen LogP contribution in [0.15, 0.2) is 0 Å². The third kappa shape index (κ3) is 5.39. The zero-order valence-corrected chi connectivity index (χ0v) is 7.68. The van der Waals surface area contributed by atoms with E-state index in [2.05, 4.69) is 5.73 Å². The van der Waals surface area contributed by atoms with Crippen molar-refractivity contribution in [3.8, 4) is 0 Å². The fourth-order valence-corrected chi connectivity index (χ4v) is 1.29. The van der Waals surface area contributed by atoms with Gasteiger partial charge in [-0.2, -0.15) is 0 Å². The quantitative estimate of drug-likeness (QED) is 0.436. The fraction of sp³-hybridized carbons (Fsp3) is 1.00. The average Bonchev–Trinajstić information content (AvgIpc) is 1.86. The molecule has 0 aliphatic carbocycles. The normalized spacial score (nSPS) is 14.9. The van der Waals surface area contributed by atoms with Crippen LogP contribution in [0.4, 0.5) is 0 Å². The van der Waals surface area contributed by atoms with Crippen LogP contribution in [0.3, 0.4) is 0 Å². The maximum Gasteiger partial charge on any atom is 0.110 e. The van der Waals surface area contributed by atoms with Gasteiger partial charge in [-0.1, -0.05) is 19.8 Å². The summed E-state index contributed by atoms with van der Waals surface area (Å²) in [5.41, 5.74) is 3.29. The third-order valence-corrected chi connectivity index (χ3v) is 2.74. The Morgan fingerprint density at radius 2 is 2.00 bits per heavy atom. The van der Waals surface area contributed by atoms with Crippen LogP contribution in [0, 0.1) is 0 Å². The van der Waals surface area contributed by atoms with Gasteiger partial charge in [-0.05, 0) is 14.0 Å². The Bertz CT molecular complexity index is 145. The Balaban J connectivity index is 3.53. The first-order valence-corrected chi connectivity index (χ1v) is 5.44. The van der Waals surface area contributed by atoms with Crippen molar-refractivity contribution in [2.75, 3.05) is 0 Å². The molecule has 0 unspecified atom stereocenters. The van der Waals surface area contributed by atoms with Crippen molar-refractivity contribution in [3.05, 3.63) is 0 Å². The van der Waals surface area contributed by atoms with E-state index in [1.165, 1.54) is 0 Å². The summed E-state index contributed by atoms with van der Waals surface area (Å²) in [6.45, 7) is 2.02. The smallest absolute Gasteiger partial charge is 0.110 e. The van der Waals surface area contributed by atoms with Gasteiger partial charge < -0.3 is 20.1 Å². The summed E-state index contributed by atoms with van der Waals surface area (Å²) in [4.78, 5) is 20.7. The Morgan fingerprint density at radius 3 is 2.36 bits per heavy atom. The van der Waals surface area contributed by atoms with Gasteiger partial charge in [0.15, 0.2) is 0 Å². The molecule has 0 saturated carbocycles. The van der Waals surface area contributed by atoms with Gasteiger partial charge in [-0.3, -0.25) is 0 Å². The van der Waals surface area contributed by atoms with Crippen LogP contribution in [0.5, 0.6) is 0 Å². The van der Waals surface area contributed by atoms with E-state index < -0.39 is 13.4 Å². The molecule has 4 nitrogen and oxygen atoms in total. The average molecular weight is 180 g/mol. The molecule has 0 spiro atoms. The topological polar surface area (TPSA) is 90.8 Å². The maximum atomic E-state index is 10.3. The first-order valence-electron chi connectivity index (χ1n) is 3.83. The standard InChI is InChI=1S/C6H16NO3P/c1-2-3-4-5-6(7)11(8,9)10/h6H,2-5,7H2,1H3,(H2,8,9,10)/p-1/t6-/m1/s1. The minimum atomic E-state index is -4.41. The SMILES string of the molecule is CCCCC[C@H]([NH3+])P(=O)([O-])[O-]. The molecular weight excluding hydrogens is 165 g/mol. The monoisotopic (exact) mass is 180 g/mol. The Labute approximate surface area is 67.0 Å². The van der Waals surface area contributed by atoms with E-state index in [0.29, 0.717) is 6.42 Å². The highest BCUT2D eigenvalue weighted by Crippen LogP contribution is 2.29. The van der Waals surface area contributed by atoms with E-state index in [4.69, 9.17) is 0 Å². The lowest BCUT2D eigenvalue weighted by Gasteiger charge is -2.32. The molecule has 0 aliphatic rings. The highest BCUT2D eigenvalue weighted by atomic mass is 31.2. The summed E-state index contributed by atoms with van der Waals surface area (Å²) < 4.78 is 10.3. The van der Waals surface area contributed by atoms with Gasteiger partial charge in [0.25, 0.3) is 0 Å². The van der Waals surface area contributed by atoms with Crippen molar-refractivity contribution in [2.45, 2.75) is 38.4 Å². The number of hydrogen-bond acceptors (Lipinski definition) is 3. The summed E-state index contributed by atoms with van der Waals surface area (Å²) in [5.74, 6) is -0.936. The second-order valence-electron chi connectivity index (χ2n) is 2.69. The zero-order chi connectivity index (χ0) is 8.91. The molecule has 1 atom stereocenters. The molecule has 0 rings (SSSR count). The molecule has 0 aromatic carbocycles. The number of hydrogen-bond donors (Lipinski definition) is 1. The fourth-order valence-electron chi connectivity index (χ4n) is 0.788. The summed E-state index contributed by atoms with van der Waals surface area (Å²) in [6, 6.07) is 0. The molecule has 0 aromatic rings. The van der Waals surface area contributed by atoms with Gasteiger partial charge >= 0.3 is 0 Å². The zero-order valence-electron chi connectivity index (χ0n) is 6.78. The van der Waals surface area contributed by atoms with Gasteiger partial charge in [0.1, 0.15) is 5.78 Å². The van der Waals surface area contributed by atoms with E-state index in [9.17, 15) is 14.4 Å². The summed E-state index contributed by atoms with van der Waals surface area (Å²) in [7, 11) is -4.41. The molecule has 0 radical (unpaired) electrons. The van der Waals surface area contributed by atoms with Gasteiger partial charge in [-0.25, -0.2) is 0 Å². The molecule has 0 fully saturated rings. The van der Waals surface area contributed by atoms with Crippen molar-refractivity contribution in [3.63, 3.8) is 0 Å². The molecule has 5 heteroatoms. The second kappa shape index (κ2) is 4.88.